The minimum absolute atomic E-state index is 0.330. The van der Waals surface area contributed by atoms with Crippen molar-refractivity contribution in [3.05, 3.63) is 65.5 Å². The molecule has 0 aromatic heterocycles. The van der Waals surface area contributed by atoms with E-state index in [4.69, 9.17) is 0 Å². The summed E-state index contributed by atoms with van der Waals surface area (Å²) < 4.78 is 13.3. The molecule has 3 rings (SSSR count). The number of allylic oxidation sites excluding steroid dienone is 1. The van der Waals surface area contributed by atoms with Crippen LogP contribution < -0.4 is 4.90 Å². The van der Waals surface area contributed by atoms with Crippen molar-refractivity contribution < 1.29 is 4.39 Å². The van der Waals surface area contributed by atoms with E-state index in [1.54, 1.807) is 18.2 Å². The molecule has 2 aromatic rings. The van der Waals surface area contributed by atoms with Crippen molar-refractivity contribution in [1.29, 1.82) is 5.26 Å². The lowest BCUT2D eigenvalue weighted by atomic mass is 10.0. The van der Waals surface area contributed by atoms with E-state index in [9.17, 15) is 9.65 Å². The number of rotatable bonds is 3. The number of nitrogens with zero attached hydrogens (tertiary/aromatic N) is 2. The van der Waals surface area contributed by atoms with E-state index in [2.05, 4.69) is 23.1 Å². The zero-order valence-electron chi connectivity index (χ0n) is 13.0. The van der Waals surface area contributed by atoms with Gasteiger partial charge in [0.2, 0.25) is 0 Å². The Morgan fingerprint density at radius 3 is 2.43 bits per heavy atom. The van der Waals surface area contributed by atoms with Crippen LogP contribution in [0.25, 0.3) is 11.6 Å². The van der Waals surface area contributed by atoms with Crippen LogP contribution in [-0.2, 0) is 0 Å². The summed E-state index contributed by atoms with van der Waals surface area (Å²) >= 11 is 0. The minimum atomic E-state index is -0.330. The van der Waals surface area contributed by atoms with E-state index in [1.165, 1.54) is 37.1 Å². The van der Waals surface area contributed by atoms with Gasteiger partial charge in [-0.15, -0.1) is 0 Å². The molecule has 1 aliphatic heterocycles. The molecule has 0 unspecified atom stereocenters. The monoisotopic (exact) mass is 306 g/mol. The van der Waals surface area contributed by atoms with Crippen molar-refractivity contribution in [3.63, 3.8) is 0 Å². The summed E-state index contributed by atoms with van der Waals surface area (Å²) in [6, 6.07) is 16.5. The summed E-state index contributed by atoms with van der Waals surface area (Å²) in [6.45, 7) is 2.23. The second-order valence-electron chi connectivity index (χ2n) is 5.82. The minimum Gasteiger partial charge on any atom is -0.372 e. The van der Waals surface area contributed by atoms with E-state index in [-0.39, 0.29) is 5.82 Å². The van der Waals surface area contributed by atoms with Gasteiger partial charge in [-0.2, -0.15) is 5.26 Å². The van der Waals surface area contributed by atoms with Crippen molar-refractivity contribution in [2.75, 3.05) is 18.0 Å². The zero-order valence-corrected chi connectivity index (χ0v) is 13.0. The van der Waals surface area contributed by atoms with E-state index < -0.39 is 0 Å². The summed E-state index contributed by atoms with van der Waals surface area (Å²) in [5, 5.41) is 9.34. The largest absolute Gasteiger partial charge is 0.372 e. The van der Waals surface area contributed by atoms with Crippen LogP contribution in [0.15, 0.2) is 48.5 Å². The molecule has 0 N–H and O–H groups in total. The Morgan fingerprint density at radius 1 is 1.04 bits per heavy atom. The van der Waals surface area contributed by atoms with Crippen LogP contribution in [0.3, 0.4) is 0 Å². The van der Waals surface area contributed by atoms with E-state index in [0.29, 0.717) is 11.1 Å². The van der Waals surface area contributed by atoms with Gasteiger partial charge in [0, 0.05) is 18.8 Å². The van der Waals surface area contributed by atoms with Crippen LogP contribution >= 0.6 is 0 Å². The third kappa shape index (κ3) is 3.78. The van der Waals surface area contributed by atoms with Gasteiger partial charge in [-0.1, -0.05) is 24.3 Å². The molecule has 1 fully saturated rings. The number of hydrogen-bond donors (Lipinski definition) is 0. The van der Waals surface area contributed by atoms with Crippen LogP contribution in [-0.4, -0.2) is 13.1 Å². The smallest absolute Gasteiger partial charge is 0.123 e. The molecule has 0 spiro atoms. The fourth-order valence-corrected chi connectivity index (χ4v) is 2.94. The van der Waals surface area contributed by atoms with Crippen LogP contribution in [0.1, 0.15) is 30.4 Å². The quantitative estimate of drug-likeness (QED) is 0.597. The van der Waals surface area contributed by atoms with Gasteiger partial charge in [0.15, 0.2) is 0 Å². The molecule has 1 saturated heterocycles. The van der Waals surface area contributed by atoms with Gasteiger partial charge < -0.3 is 4.90 Å². The van der Waals surface area contributed by atoms with Gasteiger partial charge >= 0.3 is 0 Å². The normalized spacial score (nSPS) is 15.3. The van der Waals surface area contributed by atoms with Gasteiger partial charge in [0.05, 0.1) is 11.6 Å². The fourth-order valence-electron chi connectivity index (χ4n) is 2.94. The first kappa shape index (κ1) is 15.3. The standard InChI is InChI=1S/C20H19FN2/c21-19-6-4-5-17(14-19)18(15-22)13-16-7-9-20(10-8-16)23-11-2-1-3-12-23/h4-10,13-14H,1-3,11-12H2/b18-13-. The third-order valence-electron chi connectivity index (χ3n) is 4.18. The maximum atomic E-state index is 13.3. The molecule has 1 aliphatic rings. The Hall–Kier alpha value is -2.60. The van der Waals surface area contributed by atoms with Crippen LogP contribution in [0, 0.1) is 17.1 Å². The lowest BCUT2D eigenvalue weighted by Crippen LogP contribution is -2.29. The number of piperidine rings is 1. The Balaban J connectivity index is 1.82. The Labute approximate surface area is 136 Å². The number of halogens is 1. The Kier molecular flexibility index (Phi) is 4.73. The van der Waals surface area contributed by atoms with Gasteiger partial charge in [0.25, 0.3) is 0 Å². The van der Waals surface area contributed by atoms with Gasteiger partial charge in [-0.05, 0) is 60.7 Å². The first-order valence-corrected chi connectivity index (χ1v) is 7.99. The van der Waals surface area contributed by atoms with Gasteiger partial charge in [-0.3, -0.25) is 0 Å². The van der Waals surface area contributed by atoms with Crippen molar-refractivity contribution in [3.8, 4) is 6.07 Å². The first-order valence-electron chi connectivity index (χ1n) is 7.99. The molecule has 0 aliphatic carbocycles. The first-order chi connectivity index (χ1) is 11.3. The highest BCUT2D eigenvalue weighted by Gasteiger charge is 2.10. The zero-order chi connectivity index (χ0) is 16.1. The Morgan fingerprint density at radius 2 is 1.78 bits per heavy atom. The molecule has 1 heterocycles. The molecular weight excluding hydrogens is 287 g/mol. The number of hydrogen-bond acceptors (Lipinski definition) is 2. The molecule has 0 atom stereocenters. The van der Waals surface area contributed by atoms with Gasteiger partial charge in [0.1, 0.15) is 5.82 Å². The predicted octanol–water partition coefficient (Wildman–Crippen LogP) is 4.88. The SMILES string of the molecule is N#C/C(=C/c1ccc(N2CCCCC2)cc1)c1cccc(F)c1. The van der Waals surface area contributed by atoms with Crippen molar-refractivity contribution >= 4 is 17.3 Å². The molecule has 3 heteroatoms. The molecule has 0 saturated carbocycles. The number of nitriles is 1. The third-order valence-corrected chi connectivity index (χ3v) is 4.18. The maximum Gasteiger partial charge on any atom is 0.123 e. The summed E-state index contributed by atoms with van der Waals surface area (Å²) in [4.78, 5) is 2.40. The fraction of sp³-hybridized carbons (Fsp3) is 0.250. The molecule has 2 nitrogen and oxygen atoms in total. The lowest BCUT2D eigenvalue weighted by molar-refractivity contribution is 0.578. The van der Waals surface area contributed by atoms with Crippen molar-refractivity contribution in [2.45, 2.75) is 19.3 Å². The molecule has 0 bridgehead atoms. The van der Waals surface area contributed by atoms with E-state index in [0.717, 1.165) is 18.7 Å². The van der Waals surface area contributed by atoms with Crippen molar-refractivity contribution in [1.82, 2.24) is 0 Å². The highest BCUT2D eigenvalue weighted by atomic mass is 19.1. The molecule has 0 amide bonds. The maximum absolute atomic E-state index is 13.3. The summed E-state index contributed by atoms with van der Waals surface area (Å²) in [6.07, 6.45) is 5.62. The highest BCUT2D eigenvalue weighted by Crippen LogP contribution is 2.23. The average molecular weight is 306 g/mol. The number of anilines is 1. The molecule has 116 valence electrons. The predicted molar refractivity (Wildman–Crippen MR) is 92.4 cm³/mol. The second-order valence-corrected chi connectivity index (χ2v) is 5.82. The highest BCUT2D eigenvalue weighted by molar-refractivity contribution is 5.89. The average Bonchev–Trinajstić information content (AvgIpc) is 2.61. The lowest BCUT2D eigenvalue weighted by Gasteiger charge is -2.28. The van der Waals surface area contributed by atoms with Crippen LogP contribution in [0.4, 0.5) is 10.1 Å². The molecular formula is C20H19FN2. The van der Waals surface area contributed by atoms with Crippen LogP contribution in [0.2, 0.25) is 0 Å². The van der Waals surface area contributed by atoms with Crippen LogP contribution in [0.5, 0.6) is 0 Å². The molecule has 23 heavy (non-hydrogen) atoms. The summed E-state index contributed by atoms with van der Waals surface area (Å²) in [5.74, 6) is -0.330. The number of benzene rings is 2. The molecule has 2 aromatic carbocycles. The summed E-state index contributed by atoms with van der Waals surface area (Å²) in [7, 11) is 0. The van der Waals surface area contributed by atoms with Gasteiger partial charge in [-0.25, -0.2) is 4.39 Å². The topological polar surface area (TPSA) is 27.0 Å². The van der Waals surface area contributed by atoms with E-state index >= 15 is 0 Å². The Bertz CT molecular complexity index is 735. The van der Waals surface area contributed by atoms with E-state index in [1.807, 2.05) is 12.1 Å². The summed E-state index contributed by atoms with van der Waals surface area (Å²) in [5.41, 5.74) is 3.25. The second kappa shape index (κ2) is 7.11. The molecule has 0 radical (unpaired) electrons. The van der Waals surface area contributed by atoms with Crippen molar-refractivity contribution in [2.24, 2.45) is 0 Å².